The van der Waals surface area contributed by atoms with Gasteiger partial charge in [-0.15, -0.1) is 16.4 Å². The normalized spacial score (nSPS) is 15.8. The van der Waals surface area contributed by atoms with Gasteiger partial charge in [-0.2, -0.15) is 0 Å². The number of nitrogens with zero attached hydrogens (tertiary/aromatic N) is 4. The Kier molecular flexibility index (Phi) is 4.03. The first kappa shape index (κ1) is 14.2. The molecular weight excluding hydrogens is 286 g/mol. The minimum absolute atomic E-state index is 0.0772. The van der Waals surface area contributed by atoms with Crippen LogP contribution < -0.4 is 5.73 Å². The molecule has 2 N–H and O–H groups in total. The highest BCUT2D eigenvalue weighted by atomic mass is 32.1. The molecular formula is C14H19N5OS. The summed E-state index contributed by atoms with van der Waals surface area (Å²) < 4.78 is 1.58. The molecule has 1 unspecified atom stereocenters. The number of hydrogen-bond acceptors (Lipinski definition) is 5. The summed E-state index contributed by atoms with van der Waals surface area (Å²) in [6.07, 6.45) is 3.52. The third kappa shape index (κ3) is 2.98. The fraction of sp³-hybridized carbons (Fsp3) is 0.500. The number of rotatable bonds is 4. The molecule has 0 bridgehead atoms. The summed E-state index contributed by atoms with van der Waals surface area (Å²) in [6, 6.07) is 1.99. The topological polar surface area (TPSA) is 77.0 Å². The molecule has 1 amide bonds. The zero-order valence-corrected chi connectivity index (χ0v) is 12.8. The van der Waals surface area contributed by atoms with E-state index in [4.69, 9.17) is 5.73 Å². The number of amides is 1. The maximum Gasteiger partial charge on any atom is 0.244 e. The van der Waals surface area contributed by atoms with Gasteiger partial charge in [0.2, 0.25) is 5.91 Å². The lowest BCUT2D eigenvalue weighted by Gasteiger charge is -2.26. The molecule has 112 valence electrons. The number of thiophene rings is 1. The van der Waals surface area contributed by atoms with Crippen LogP contribution in [-0.4, -0.2) is 32.3 Å². The minimum atomic E-state index is -0.114. The molecule has 0 radical (unpaired) electrons. The quantitative estimate of drug-likeness (QED) is 0.924. The summed E-state index contributed by atoms with van der Waals surface area (Å²) in [6.45, 7) is 3.71. The fourth-order valence-electron chi connectivity index (χ4n) is 2.47. The Morgan fingerprint density at radius 3 is 3.24 bits per heavy atom. The highest BCUT2D eigenvalue weighted by molar-refractivity contribution is 7.10. The van der Waals surface area contributed by atoms with Crippen molar-refractivity contribution in [2.45, 2.75) is 38.9 Å². The van der Waals surface area contributed by atoms with Crippen molar-refractivity contribution < 1.29 is 4.79 Å². The SMILES string of the molecule is CCC(N)c1cn(CC(=O)N2CCc3sccc3C2)nn1. The van der Waals surface area contributed by atoms with Gasteiger partial charge >= 0.3 is 0 Å². The Morgan fingerprint density at radius 1 is 1.57 bits per heavy atom. The van der Waals surface area contributed by atoms with Gasteiger partial charge in [-0.05, 0) is 29.9 Å². The second-order valence-corrected chi connectivity index (χ2v) is 6.29. The van der Waals surface area contributed by atoms with E-state index in [2.05, 4.69) is 21.8 Å². The first-order valence-electron chi connectivity index (χ1n) is 7.16. The Labute approximate surface area is 127 Å². The van der Waals surface area contributed by atoms with E-state index in [-0.39, 0.29) is 18.5 Å². The van der Waals surface area contributed by atoms with Gasteiger partial charge in [0.25, 0.3) is 0 Å². The van der Waals surface area contributed by atoms with Crippen LogP contribution in [0.4, 0.5) is 0 Å². The van der Waals surface area contributed by atoms with Gasteiger partial charge in [0.1, 0.15) is 6.54 Å². The van der Waals surface area contributed by atoms with Crippen LogP contribution in [-0.2, 0) is 24.3 Å². The Balaban J connectivity index is 1.63. The molecule has 0 aliphatic carbocycles. The molecule has 2 aromatic heterocycles. The van der Waals surface area contributed by atoms with Crippen LogP contribution in [0.2, 0.25) is 0 Å². The monoisotopic (exact) mass is 305 g/mol. The van der Waals surface area contributed by atoms with Crippen LogP contribution in [0.25, 0.3) is 0 Å². The molecule has 21 heavy (non-hydrogen) atoms. The third-order valence-electron chi connectivity index (χ3n) is 3.83. The summed E-state index contributed by atoms with van der Waals surface area (Å²) in [5.74, 6) is 0.0772. The molecule has 3 heterocycles. The van der Waals surface area contributed by atoms with Crippen molar-refractivity contribution in [1.82, 2.24) is 19.9 Å². The van der Waals surface area contributed by atoms with Crippen LogP contribution in [0.3, 0.4) is 0 Å². The fourth-order valence-corrected chi connectivity index (χ4v) is 3.36. The van der Waals surface area contributed by atoms with Gasteiger partial charge in [-0.3, -0.25) is 4.79 Å². The van der Waals surface area contributed by atoms with E-state index in [1.165, 1.54) is 10.4 Å². The van der Waals surface area contributed by atoms with Gasteiger partial charge in [0, 0.05) is 18.0 Å². The number of carbonyl (C=O) groups excluding carboxylic acids is 1. The average molecular weight is 305 g/mol. The van der Waals surface area contributed by atoms with E-state index in [0.717, 1.165) is 25.1 Å². The second kappa shape index (κ2) is 5.95. The van der Waals surface area contributed by atoms with Crippen LogP contribution in [0, 0.1) is 0 Å². The summed E-state index contributed by atoms with van der Waals surface area (Å²) in [7, 11) is 0. The van der Waals surface area contributed by atoms with Crippen molar-refractivity contribution in [3.8, 4) is 0 Å². The lowest BCUT2D eigenvalue weighted by Crippen LogP contribution is -2.37. The summed E-state index contributed by atoms with van der Waals surface area (Å²) in [5, 5.41) is 10.1. The molecule has 0 spiro atoms. The van der Waals surface area contributed by atoms with Gasteiger partial charge in [0.15, 0.2) is 0 Å². The molecule has 7 heteroatoms. The van der Waals surface area contributed by atoms with Crippen molar-refractivity contribution in [2.24, 2.45) is 5.73 Å². The molecule has 6 nitrogen and oxygen atoms in total. The maximum atomic E-state index is 12.4. The second-order valence-electron chi connectivity index (χ2n) is 5.29. The number of carbonyl (C=O) groups is 1. The Hall–Kier alpha value is -1.73. The van der Waals surface area contributed by atoms with Crippen LogP contribution in [0.15, 0.2) is 17.6 Å². The first-order chi connectivity index (χ1) is 10.2. The van der Waals surface area contributed by atoms with Crippen molar-refractivity contribution in [3.05, 3.63) is 33.8 Å². The number of aromatic nitrogens is 3. The van der Waals surface area contributed by atoms with E-state index in [1.807, 2.05) is 11.8 Å². The van der Waals surface area contributed by atoms with Gasteiger partial charge in [-0.25, -0.2) is 4.68 Å². The molecule has 2 aromatic rings. The largest absolute Gasteiger partial charge is 0.336 e. The Bertz CT molecular complexity index is 635. The van der Waals surface area contributed by atoms with E-state index < -0.39 is 0 Å². The number of fused-ring (bicyclic) bond motifs is 1. The van der Waals surface area contributed by atoms with E-state index >= 15 is 0 Å². The molecule has 3 rings (SSSR count). The predicted molar refractivity (Wildman–Crippen MR) is 80.7 cm³/mol. The average Bonchev–Trinajstić information content (AvgIpc) is 3.14. The van der Waals surface area contributed by atoms with Crippen LogP contribution in [0.5, 0.6) is 0 Å². The van der Waals surface area contributed by atoms with Crippen molar-refractivity contribution in [2.75, 3.05) is 6.54 Å². The zero-order chi connectivity index (χ0) is 14.8. The molecule has 0 fully saturated rings. The molecule has 1 atom stereocenters. The standard InChI is InChI=1S/C14H19N5OS/c1-2-11(15)12-8-19(17-16-12)9-14(20)18-5-3-13-10(7-18)4-6-21-13/h4,6,8,11H,2-3,5,7,9,15H2,1H3. The molecule has 0 saturated heterocycles. The lowest BCUT2D eigenvalue weighted by molar-refractivity contribution is -0.133. The van der Waals surface area contributed by atoms with E-state index in [1.54, 1.807) is 22.2 Å². The Morgan fingerprint density at radius 2 is 2.43 bits per heavy atom. The zero-order valence-electron chi connectivity index (χ0n) is 12.0. The van der Waals surface area contributed by atoms with E-state index in [0.29, 0.717) is 6.54 Å². The van der Waals surface area contributed by atoms with E-state index in [9.17, 15) is 4.79 Å². The maximum absolute atomic E-state index is 12.4. The van der Waals surface area contributed by atoms with Crippen LogP contribution in [0.1, 0.15) is 35.5 Å². The summed E-state index contributed by atoms with van der Waals surface area (Å²) in [5.41, 5.74) is 7.92. The third-order valence-corrected chi connectivity index (χ3v) is 4.86. The predicted octanol–water partition coefficient (Wildman–Crippen LogP) is 1.33. The summed E-state index contributed by atoms with van der Waals surface area (Å²) >= 11 is 1.77. The molecule has 1 aliphatic rings. The first-order valence-corrected chi connectivity index (χ1v) is 8.04. The molecule has 0 saturated carbocycles. The van der Waals surface area contributed by atoms with Gasteiger partial charge in [-0.1, -0.05) is 12.1 Å². The highest BCUT2D eigenvalue weighted by Crippen LogP contribution is 2.24. The highest BCUT2D eigenvalue weighted by Gasteiger charge is 2.22. The lowest BCUT2D eigenvalue weighted by atomic mass is 10.1. The van der Waals surface area contributed by atoms with Gasteiger partial charge < -0.3 is 10.6 Å². The van der Waals surface area contributed by atoms with Crippen molar-refractivity contribution in [1.29, 1.82) is 0 Å². The summed E-state index contributed by atoms with van der Waals surface area (Å²) in [4.78, 5) is 15.6. The smallest absolute Gasteiger partial charge is 0.244 e. The number of hydrogen-bond donors (Lipinski definition) is 1. The van der Waals surface area contributed by atoms with Gasteiger partial charge in [0.05, 0.1) is 17.9 Å². The van der Waals surface area contributed by atoms with Crippen LogP contribution >= 0.6 is 11.3 Å². The minimum Gasteiger partial charge on any atom is -0.336 e. The molecule has 1 aliphatic heterocycles. The number of nitrogens with two attached hydrogens (primary N) is 1. The molecule has 0 aromatic carbocycles. The van der Waals surface area contributed by atoms with Crippen molar-refractivity contribution >= 4 is 17.2 Å². The van der Waals surface area contributed by atoms with Crippen molar-refractivity contribution in [3.63, 3.8) is 0 Å².